The van der Waals surface area contributed by atoms with E-state index >= 15 is 0 Å². The third-order valence-electron chi connectivity index (χ3n) is 2.25. The third-order valence-corrected chi connectivity index (χ3v) is 2.25. The molecule has 1 aromatic heterocycles. The van der Waals surface area contributed by atoms with E-state index in [-0.39, 0.29) is 5.69 Å². The Labute approximate surface area is 98.3 Å². The van der Waals surface area contributed by atoms with E-state index in [2.05, 4.69) is 5.10 Å². The first-order chi connectivity index (χ1) is 8.27. The van der Waals surface area contributed by atoms with Gasteiger partial charge in [0, 0.05) is 6.20 Å². The molecule has 88 valence electrons. The van der Waals surface area contributed by atoms with Crippen molar-refractivity contribution in [2.45, 2.75) is 6.54 Å². The van der Waals surface area contributed by atoms with Gasteiger partial charge in [0.2, 0.25) is 0 Å². The number of carboxylic acid groups (broad SMARTS) is 1. The Hall–Kier alpha value is -2.30. The van der Waals surface area contributed by atoms with E-state index in [1.54, 1.807) is 0 Å². The summed E-state index contributed by atoms with van der Waals surface area (Å²) in [7, 11) is 0. The van der Waals surface area contributed by atoms with E-state index in [9.17, 15) is 4.79 Å². The number of benzene rings is 1. The van der Waals surface area contributed by atoms with Gasteiger partial charge in [-0.15, -0.1) is 0 Å². The van der Waals surface area contributed by atoms with Crippen molar-refractivity contribution in [1.29, 1.82) is 0 Å². The highest BCUT2D eigenvalue weighted by atomic mass is 16.5. The minimum atomic E-state index is -0.984. The fourth-order valence-corrected chi connectivity index (χ4v) is 1.46. The molecule has 2 rings (SSSR count). The topological polar surface area (TPSA) is 64.3 Å². The third kappa shape index (κ3) is 2.84. The van der Waals surface area contributed by atoms with E-state index in [4.69, 9.17) is 9.84 Å². The second-order valence-corrected chi connectivity index (χ2v) is 3.41. The van der Waals surface area contributed by atoms with Crippen molar-refractivity contribution in [3.63, 3.8) is 0 Å². The van der Waals surface area contributed by atoms with Crippen molar-refractivity contribution < 1.29 is 14.6 Å². The zero-order valence-corrected chi connectivity index (χ0v) is 9.11. The van der Waals surface area contributed by atoms with Gasteiger partial charge in [-0.05, 0) is 18.2 Å². The van der Waals surface area contributed by atoms with Crippen LogP contribution in [0.15, 0.2) is 42.6 Å². The predicted molar refractivity (Wildman–Crippen MR) is 61.1 cm³/mol. The van der Waals surface area contributed by atoms with Crippen LogP contribution in [0.2, 0.25) is 0 Å². The molecule has 0 unspecified atom stereocenters. The summed E-state index contributed by atoms with van der Waals surface area (Å²) in [5.74, 6) is -0.223. The molecule has 0 saturated carbocycles. The first kappa shape index (κ1) is 11.2. The number of carboxylic acids is 1. The number of rotatable bonds is 5. The number of aromatic carboxylic acids is 1. The van der Waals surface area contributed by atoms with Gasteiger partial charge in [-0.25, -0.2) is 4.79 Å². The summed E-state index contributed by atoms with van der Waals surface area (Å²) in [4.78, 5) is 10.8. The lowest BCUT2D eigenvalue weighted by atomic mass is 10.3. The number of carbonyl (C=O) groups is 1. The lowest BCUT2D eigenvalue weighted by Gasteiger charge is -2.07. The van der Waals surface area contributed by atoms with Crippen LogP contribution in [0.25, 0.3) is 0 Å². The van der Waals surface area contributed by atoms with Gasteiger partial charge >= 0.3 is 5.97 Å². The van der Waals surface area contributed by atoms with Crippen LogP contribution in [-0.4, -0.2) is 27.5 Å². The Kier molecular flexibility index (Phi) is 3.40. The van der Waals surface area contributed by atoms with E-state index < -0.39 is 5.97 Å². The summed E-state index contributed by atoms with van der Waals surface area (Å²) in [6.07, 6.45) is 1.46. The van der Waals surface area contributed by atoms with Crippen LogP contribution in [0.4, 0.5) is 0 Å². The summed E-state index contributed by atoms with van der Waals surface area (Å²) < 4.78 is 6.87. The molecule has 0 aliphatic heterocycles. The molecule has 0 saturated heterocycles. The number of para-hydroxylation sites is 1. The molecular formula is C12H12N2O3. The predicted octanol–water partition coefficient (Wildman–Crippen LogP) is 1.66. The fourth-order valence-electron chi connectivity index (χ4n) is 1.46. The quantitative estimate of drug-likeness (QED) is 0.851. The van der Waals surface area contributed by atoms with Gasteiger partial charge in [-0.2, -0.15) is 5.10 Å². The fraction of sp³-hybridized carbons (Fsp3) is 0.167. The summed E-state index contributed by atoms with van der Waals surface area (Å²) in [5.41, 5.74) is 0.168. The van der Waals surface area contributed by atoms with Gasteiger partial charge in [0.1, 0.15) is 18.1 Å². The average Bonchev–Trinajstić information content (AvgIpc) is 2.79. The zero-order valence-electron chi connectivity index (χ0n) is 9.11. The summed E-state index contributed by atoms with van der Waals surface area (Å²) in [6, 6.07) is 10.8. The molecule has 0 aliphatic carbocycles. The molecule has 0 spiro atoms. The van der Waals surface area contributed by atoms with Crippen molar-refractivity contribution in [2.75, 3.05) is 6.61 Å². The molecule has 0 aliphatic rings. The van der Waals surface area contributed by atoms with Crippen molar-refractivity contribution in [1.82, 2.24) is 9.78 Å². The van der Waals surface area contributed by atoms with E-state index in [1.165, 1.54) is 16.9 Å². The van der Waals surface area contributed by atoms with Gasteiger partial charge in [0.25, 0.3) is 0 Å². The number of hydrogen-bond acceptors (Lipinski definition) is 3. The Morgan fingerprint density at radius 2 is 2.06 bits per heavy atom. The Bertz CT molecular complexity index is 493. The highest BCUT2D eigenvalue weighted by molar-refractivity contribution is 5.85. The summed E-state index contributed by atoms with van der Waals surface area (Å²) in [6.45, 7) is 0.787. The van der Waals surface area contributed by atoms with Crippen LogP contribution >= 0.6 is 0 Å². The van der Waals surface area contributed by atoms with Crippen LogP contribution in [0, 0.1) is 0 Å². The standard InChI is InChI=1S/C12H12N2O3/c15-12(16)11-6-7-13-14(11)8-9-17-10-4-2-1-3-5-10/h1-7H,8-9H2,(H,15,16). The molecule has 1 aromatic carbocycles. The lowest BCUT2D eigenvalue weighted by molar-refractivity contribution is 0.0682. The van der Waals surface area contributed by atoms with Crippen molar-refractivity contribution >= 4 is 5.97 Å². The van der Waals surface area contributed by atoms with Crippen molar-refractivity contribution in [3.8, 4) is 5.75 Å². The Morgan fingerprint density at radius 3 is 2.76 bits per heavy atom. The van der Waals surface area contributed by atoms with Crippen LogP contribution in [0.5, 0.6) is 5.75 Å². The van der Waals surface area contributed by atoms with Gasteiger partial charge in [0.05, 0.1) is 6.54 Å². The van der Waals surface area contributed by atoms with Gasteiger partial charge in [-0.1, -0.05) is 18.2 Å². The van der Waals surface area contributed by atoms with Gasteiger partial charge < -0.3 is 9.84 Å². The molecule has 1 heterocycles. The van der Waals surface area contributed by atoms with Gasteiger partial charge in [-0.3, -0.25) is 4.68 Å². The molecular weight excluding hydrogens is 220 g/mol. The van der Waals surface area contributed by atoms with E-state index in [0.29, 0.717) is 13.2 Å². The molecule has 17 heavy (non-hydrogen) atoms. The maximum Gasteiger partial charge on any atom is 0.354 e. The number of ether oxygens (including phenoxy) is 1. The molecule has 0 fully saturated rings. The number of nitrogens with zero attached hydrogens (tertiary/aromatic N) is 2. The zero-order chi connectivity index (χ0) is 12.1. The molecule has 5 heteroatoms. The Balaban J connectivity index is 1.90. The number of hydrogen-bond donors (Lipinski definition) is 1. The molecule has 5 nitrogen and oxygen atoms in total. The van der Waals surface area contributed by atoms with Crippen LogP contribution < -0.4 is 4.74 Å². The molecule has 0 atom stereocenters. The van der Waals surface area contributed by atoms with E-state index in [0.717, 1.165) is 5.75 Å². The minimum absolute atomic E-state index is 0.168. The average molecular weight is 232 g/mol. The molecule has 0 radical (unpaired) electrons. The van der Waals surface area contributed by atoms with E-state index in [1.807, 2.05) is 30.3 Å². The monoisotopic (exact) mass is 232 g/mol. The Morgan fingerprint density at radius 1 is 1.29 bits per heavy atom. The maximum atomic E-state index is 10.8. The summed E-state index contributed by atoms with van der Waals surface area (Å²) in [5, 5.41) is 12.8. The molecule has 1 N–H and O–H groups in total. The normalized spacial score (nSPS) is 10.1. The smallest absolute Gasteiger partial charge is 0.354 e. The van der Waals surface area contributed by atoms with Gasteiger partial charge in [0.15, 0.2) is 0 Å². The van der Waals surface area contributed by atoms with Crippen LogP contribution in [0.3, 0.4) is 0 Å². The number of aromatic nitrogens is 2. The summed E-state index contributed by atoms with van der Waals surface area (Å²) >= 11 is 0. The molecule has 2 aromatic rings. The lowest BCUT2D eigenvalue weighted by Crippen LogP contribution is -2.14. The van der Waals surface area contributed by atoms with Crippen LogP contribution in [0.1, 0.15) is 10.5 Å². The first-order valence-electron chi connectivity index (χ1n) is 5.20. The second kappa shape index (κ2) is 5.16. The highest BCUT2D eigenvalue weighted by Crippen LogP contribution is 2.08. The van der Waals surface area contributed by atoms with Crippen LogP contribution in [-0.2, 0) is 6.54 Å². The van der Waals surface area contributed by atoms with Crippen molar-refractivity contribution in [2.24, 2.45) is 0 Å². The largest absolute Gasteiger partial charge is 0.492 e. The van der Waals surface area contributed by atoms with Crippen molar-refractivity contribution in [3.05, 3.63) is 48.3 Å². The minimum Gasteiger partial charge on any atom is -0.492 e. The molecule has 0 bridgehead atoms. The second-order valence-electron chi connectivity index (χ2n) is 3.41. The SMILES string of the molecule is O=C(O)c1ccnn1CCOc1ccccc1. The maximum absolute atomic E-state index is 10.8. The highest BCUT2D eigenvalue weighted by Gasteiger charge is 2.09. The molecule has 0 amide bonds. The first-order valence-corrected chi connectivity index (χ1v) is 5.20.